The van der Waals surface area contributed by atoms with Crippen LogP contribution in [0.1, 0.15) is 12.8 Å². The van der Waals surface area contributed by atoms with Crippen LogP contribution in [-0.4, -0.2) is 28.7 Å². The number of hydrogen-bond donors (Lipinski definition) is 2. The molecule has 0 bridgehead atoms. The lowest BCUT2D eigenvalue weighted by molar-refractivity contribution is 0.100. The van der Waals surface area contributed by atoms with Gasteiger partial charge in [-0.3, -0.25) is 5.10 Å². The van der Waals surface area contributed by atoms with E-state index in [-0.39, 0.29) is 0 Å². The number of nitrogens with one attached hydrogen (secondary N) is 1. The molecule has 4 nitrogen and oxygen atoms in total. The van der Waals surface area contributed by atoms with Crippen molar-refractivity contribution in [3.05, 3.63) is 18.3 Å². The zero-order chi connectivity index (χ0) is 11.7. The number of anilines is 1. The molecule has 0 atom stereocenters. The number of thioether (sulfide) groups is 1. The fourth-order valence-corrected chi connectivity index (χ4v) is 3.23. The van der Waals surface area contributed by atoms with E-state index in [0.29, 0.717) is 5.25 Å². The number of nitrogens with two attached hydrogens (primary N) is 1. The third kappa shape index (κ3) is 2.25. The third-order valence-corrected chi connectivity index (χ3v) is 4.44. The summed E-state index contributed by atoms with van der Waals surface area (Å²) >= 11 is 1.86. The van der Waals surface area contributed by atoms with Crippen LogP contribution in [0.2, 0.25) is 0 Å². The Labute approximate surface area is 104 Å². The summed E-state index contributed by atoms with van der Waals surface area (Å²) in [6.07, 6.45) is 4.00. The maximum Gasteiger partial charge on any atom is 0.0662 e. The predicted molar refractivity (Wildman–Crippen MR) is 70.2 cm³/mol. The van der Waals surface area contributed by atoms with Gasteiger partial charge in [-0.2, -0.15) is 5.10 Å². The molecule has 17 heavy (non-hydrogen) atoms. The number of hydrogen-bond acceptors (Lipinski definition) is 4. The highest BCUT2D eigenvalue weighted by Crippen LogP contribution is 2.35. The van der Waals surface area contributed by atoms with E-state index >= 15 is 0 Å². The molecule has 0 radical (unpaired) electrons. The minimum atomic E-state index is 0.617. The summed E-state index contributed by atoms with van der Waals surface area (Å²) < 4.78 is 5.36. The molecule has 2 heterocycles. The molecule has 1 aliphatic heterocycles. The monoisotopic (exact) mass is 249 g/mol. The Hall–Kier alpha value is -1.20. The predicted octanol–water partition coefficient (Wildman–Crippen LogP) is 2.42. The Balaban J connectivity index is 1.85. The second-order valence-electron chi connectivity index (χ2n) is 4.28. The van der Waals surface area contributed by atoms with Crippen LogP contribution in [-0.2, 0) is 4.74 Å². The smallest absolute Gasteiger partial charge is 0.0662 e. The number of benzene rings is 1. The SMILES string of the molecule is Nc1cc2cn[nH]c2cc1SC1CCOCC1. The van der Waals surface area contributed by atoms with Crippen molar-refractivity contribution >= 4 is 28.4 Å². The van der Waals surface area contributed by atoms with Crippen LogP contribution in [0.4, 0.5) is 5.69 Å². The van der Waals surface area contributed by atoms with Gasteiger partial charge in [-0.1, -0.05) is 0 Å². The second-order valence-corrected chi connectivity index (χ2v) is 5.62. The van der Waals surface area contributed by atoms with Crippen molar-refractivity contribution in [2.75, 3.05) is 18.9 Å². The maximum atomic E-state index is 6.07. The van der Waals surface area contributed by atoms with Gasteiger partial charge >= 0.3 is 0 Å². The number of nitrogens with zero attached hydrogens (tertiary/aromatic N) is 1. The Morgan fingerprint density at radius 2 is 2.18 bits per heavy atom. The van der Waals surface area contributed by atoms with Crippen molar-refractivity contribution in [2.24, 2.45) is 0 Å². The summed E-state index contributed by atoms with van der Waals surface area (Å²) in [4.78, 5) is 1.15. The molecule has 0 saturated carbocycles. The first-order valence-electron chi connectivity index (χ1n) is 5.80. The van der Waals surface area contributed by atoms with Gasteiger partial charge in [0.15, 0.2) is 0 Å². The highest BCUT2D eigenvalue weighted by atomic mass is 32.2. The largest absolute Gasteiger partial charge is 0.398 e. The molecule has 3 rings (SSSR count). The first kappa shape index (κ1) is 10.9. The van der Waals surface area contributed by atoms with Crippen molar-refractivity contribution < 1.29 is 4.74 Å². The third-order valence-electron chi connectivity index (χ3n) is 3.03. The van der Waals surface area contributed by atoms with Crippen LogP contribution in [0.3, 0.4) is 0 Å². The molecule has 0 amide bonds. The highest BCUT2D eigenvalue weighted by molar-refractivity contribution is 8.00. The minimum Gasteiger partial charge on any atom is -0.398 e. The first-order chi connectivity index (χ1) is 8.33. The number of nitrogen functional groups attached to an aromatic ring is 1. The van der Waals surface area contributed by atoms with Crippen LogP contribution < -0.4 is 5.73 Å². The number of aromatic amines is 1. The van der Waals surface area contributed by atoms with Crippen LogP contribution in [0.25, 0.3) is 10.9 Å². The van der Waals surface area contributed by atoms with Gasteiger partial charge in [0.1, 0.15) is 0 Å². The molecule has 1 aromatic carbocycles. The lowest BCUT2D eigenvalue weighted by Crippen LogP contribution is -2.17. The molecular formula is C12H15N3OS. The van der Waals surface area contributed by atoms with Gasteiger partial charge in [-0.15, -0.1) is 11.8 Å². The summed E-state index contributed by atoms with van der Waals surface area (Å²) in [6.45, 7) is 1.73. The topological polar surface area (TPSA) is 63.9 Å². The molecule has 1 saturated heterocycles. The van der Waals surface area contributed by atoms with Crippen molar-refractivity contribution in [2.45, 2.75) is 23.0 Å². The van der Waals surface area contributed by atoms with E-state index in [2.05, 4.69) is 16.3 Å². The van der Waals surface area contributed by atoms with Crippen LogP contribution >= 0.6 is 11.8 Å². The van der Waals surface area contributed by atoms with Crippen LogP contribution in [0.15, 0.2) is 23.2 Å². The maximum absolute atomic E-state index is 6.07. The Bertz CT molecular complexity index is 519. The van der Waals surface area contributed by atoms with Gasteiger partial charge in [0.25, 0.3) is 0 Å². The Morgan fingerprint density at radius 3 is 3.00 bits per heavy atom. The van der Waals surface area contributed by atoms with E-state index in [0.717, 1.165) is 47.5 Å². The molecule has 0 unspecified atom stereocenters. The lowest BCUT2D eigenvalue weighted by atomic mass is 10.2. The zero-order valence-electron chi connectivity index (χ0n) is 9.48. The summed E-state index contributed by atoms with van der Waals surface area (Å²) in [5.41, 5.74) is 7.96. The Kier molecular flexibility index (Phi) is 2.94. The van der Waals surface area contributed by atoms with Crippen LogP contribution in [0, 0.1) is 0 Å². The van der Waals surface area contributed by atoms with Crippen molar-refractivity contribution in [1.82, 2.24) is 10.2 Å². The fraction of sp³-hybridized carbons (Fsp3) is 0.417. The average molecular weight is 249 g/mol. The van der Waals surface area contributed by atoms with Gasteiger partial charge in [0.05, 0.1) is 11.7 Å². The van der Waals surface area contributed by atoms with Gasteiger partial charge in [0, 0.05) is 34.4 Å². The van der Waals surface area contributed by atoms with Gasteiger partial charge in [-0.05, 0) is 25.0 Å². The highest BCUT2D eigenvalue weighted by Gasteiger charge is 2.16. The summed E-state index contributed by atoms with van der Waals surface area (Å²) in [6, 6.07) is 4.08. The normalized spacial score (nSPS) is 17.6. The summed E-state index contributed by atoms with van der Waals surface area (Å²) in [7, 11) is 0. The second kappa shape index (κ2) is 4.58. The van der Waals surface area contributed by atoms with Gasteiger partial charge < -0.3 is 10.5 Å². The number of fused-ring (bicyclic) bond motifs is 1. The van der Waals surface area contributed by atoms with Crippen molar-refractivity contribution in [3.63, 3.8) is 0 Å². The van der Waals surface area contributed by atoms with Crippen molar-refractivity contribution in [3.8, 4) is 0 Å². The van der Waals surface area contributed by atoms with Gasteiger partial charge in [0.2, 0.25) is 0 Å². The van der Waals surface area contributed by atoms with Crippen LogP contribution in [0.5, 0.6) is 0 Å². The summed E-state index contributed by atoms with van der Waals surface area (Å²) in [5, 5.41) is 8.69. The van der Waals surface area contributed by atoms with Crippen molar-refractivity contribution in [1.29, 1.82) is 0 Å². The van der Waals surface area contributed by atoms with E-state index < -0.39 is 0 Å². The molecule has 1 aromatic heterocycles. The van der Waals surface area contributed by atoms with E-state index in [1.807, 2.05) is 17.8 Å². The molecule has 0 aliphatic carbocycles. The molecule has 1 fully saturated rings. The fourth-order valence-electron chi connectivity index (χ4n) is 2.06. The van der Waals surface area contributed by atoms with Gasteiger partial charge in [-0.25, -0.2) is 0 Å². The number of H-pyrrole nitrogens is 1. The molecule has 3 N–H and O–H groups in total. The lowest BCUT2D eigenvalue weighted by Gasteiger charge is -2.22. The molecule has 0 spiro atoms. The van der Waals surface area contributed by atoms with E-state index in [1.165, 1.54) is 0 Å². The van der Waals surface area contributed by atoms with E-state index in [9.17, 15) is 0 Å². The molecule has 1 aliphatic rings. The Morgan fingerprint density at radius 1 is 1.35 bits per heavy atom. The molecule has 2 aromatic rings. The first-order valence-corrected chi connectivity index (χ1v) is 6.68. The molecule has 90 valence electrons. The number of ether oxygens (including phenoxy) is 1. The zero-order valence-corrected chi connectivity index (χ0v) is 10.3. The molecular weight excluding hydrogens is 234 g/mol. The standard InChI is InChI=1S/C12H15N3OS/c13-10-5-8-7-14-15-11(8)6-12(10)17-9-1-3-16-4-2-9/h5-7,9H,1-4,13H2,(H,14,15). The average Bonchev–Trinajstić information content (AvgIpc) is 2.78. The van der Waals surface area contributed by atoms with E-state index in [1.54, 1.807) is 6.20 Å². The van der Waals surface area contributed by atoms with E-state index in [4.69, 9.17) is 10.5 Å². The minimum absolute atomic E-state index is 0.617. The quantitative estimate of drug-likeness (QED) is 0.802. The number of aromatic nitrogens is 2. The molecule has 5 heteroatoms. The number of rotatable bonds is 2. The summed E-state index contributed by atoms with van der Waals surface area (Å²) in [5.74, 6) is 0.